The van der Waals surface area contributed by atoms with E-state index in [4.69, 9.17) is 11.5 Å². The van der Waals surface area contributed by atoms with Crippen LogP contribution in [0.2, 0.25) is 37.3 Å². The maximum Gasteiger partial charge on any atom is 0.217 e. The molecule has 0 aliphatic heterocycles. The second-order valence-corrected chi connectivity index (χ2v) is 12.2. The molecule has 6 heteroatoms. The van der Waals surface area contributed by atoms with Gasteiger partial charge in [-0.3, -0.25) is 9.59 Å². The molecule has 4 nitrogen and oxygen atoms in total. The van der Waals surface area contributed by atoms with E-state index in [-0.39, 0.29) is 11.8 Å². The predicted octanol–water partition coefficient (Wildman–Crippen LogP) is 1.23. The lowest BCUT2D eigenvalue weighted by atomic mass is 10.3. The fourth-order valence-electron chi connectivity index (χ4n) is 2.11. The van der Waals surface area contributed by atoms with Crippen LogP contribution in [0, 0.1) is 0 Å². The van der Waals surface area contributed by atoms with Gasteiger partial charge in [0.15, 0.2) is 0 Å². The highest BCUT2D eigenvalue weighted by Crippen LogP contribution is 2.13. The van der Waals surface area contributed by atoms with Gasteiger partial charge in [-0.2, -0.15) is 0 Å². The molecule has 0 aliphatic rings. The normalized spacial score (nSPS) is 14.1. The molecule has 0 fully saturated rings. The summed E-state index contributed by atoms with van der Waals surface area (Å²) in [6.07, 6.45) is 3.03. The molecule has 106 valence electrons. The summed E-state index contributed by atoms with van der Waals surface area (Å²) in [5.41, 5.74) is 10.3. The quantitative estimate of drug-likeness (QED) is 0.560. The van der Waals surface area contributed by atoms with Crippen molar-refractivity contribution >= 4 is 29.4 Å². The van der Waals surface area contributed by atoms with E-state index in [9.17, 15) is 9.59 Å². The fraction of sp³-hybridized carbons (Fsp3) is 0.833. The van der Waals surface area contributed by atoms with Crippen molar-refractivity contribution in [2.24, 2.45) is 11.5 Å². The maximum absolute atomic E-state index is 10.6. The van der Waals surface area contributed by atoms with E-state index in [0.717, 1.165) is 12.8 Å². The standard InChI is InChI=1S/C12H28N2O2Si2/c1-17(7-3-5-11(13)15)9-10-18(2)8-4-6-12(14)16/h17-18H,3-10H2,1-2H3,(H2,13,15)(H2,14,16). The first-order valence-electron chi connectivity index (χ1n) is 6.98. The molecule has 0 saturated carbocycles. The van der Waals surface area contributed by atoms with E-state index in [1.54, 1.807) is 0 Å². The highest BCUT2D eigenvalue weighted by molar-refractivity contribution is 6.63. The summed E-state index contributed by atoms with van der Waals surface area (Å²) in [7, 11) is -1.27. The molecule has 0 heterocycles. The van der Waals surface area contributed by atoms with E-state index in [2.05, 4.69) is 13.1 Å². The third kappa shape index (κ3) is 11.8. The smallest absolute Gasteiger partial charge is 0.217 e. The first-order valence-corrected chi connectivity index (χ1v) is 12.6. The van der Waals surface area contributed by atoms with Gasteiger partial charge in [0.25, 0.3) is 0 Å². The molecule has 2 amide bonds. The molecule has 0 rings (SSSR count). The molecule has 2 atom stereocenters. The highest BCUT2D eigenvalue weighted by Gasteiger charge is 2.10. The van der Waals surface area contributed by atoms with Crippen LogP contribution in [-0.4, -0.2) is 29.4 Å². The summed E-state index contributed by atoms with van der Waals surface area (Å²) in [5.74, 6) is -0.351. The Hall–Kier alpha value is -0.626. The Morgan fingerprint density at radius 1 is 0.778 bits per heavy atom. The second kappa shape index (κ2) is 10.3. The Morgan fingerprint density at radius 3 is 1.39 bits per heavy atom. The maximum atomic E-state index is 10.6. The number of hydrogen-bond donors (Lipinski definition) is 2. The second-order valence-electron chi connectivity index (χ2n) is 5.50. The van der Waals surface area contributed by atoms with Crippen LogP contribution in [0.1, 0.15) is 25.7 Å². The van der Waals surface area contributed by atoms with Crippen LogP contribution in [-0.2, 0) is 9.59 Å². The molecule has 4 N–H and O–H groups in total. The van der Waals surface area contributed by atoms with Crippen molar-refractivity contribution in [3.8, 4) is 0 Å². The SMILES string of the molecule is C[SiH](CCCC(N)=O)CC[SiH](C)CCCC(N)=O. The lowest BCUT2D eigenvalue weighted by Gasteiger charge is -2.13. The highest BCUT2D eigenvalue weighted by atomic mass is 28.3. The third-order valence-electron chi connectivity index (χ3n) is 3.39. The Kier molecular flexibility index (Phi) is 9.95. The van der Waals surface area contributed by atoms with Crippen LogP contribution >= 0.6 is 0 Å². The molecule has 0 bridgehead atoms. The van der Waals surface area contributed by atoms with Crippen molar-refractivity contribution in [2.75, 3.05) is 0 Å². The van der Waals surface area contributed by atoms with Crippen molar-refractivity contribution in [2.45, 2.75) is 63.0 Å². The number of nitrogens with two attached hydrogens (primary N) is 2. The van der Waals surface area contributed by atoms with Crippen molar-refractivity contribution in [1.29, 1.82) is 0 Å². The average Bonchev–Trinajstić information content (AvgIpc) is 2.25. The van der Waals surface area contributed by atoms with Crippen molar-refractivity contribution in [3.05, 3.63) is 0 Å². The van der Waals surface area contributed by atoms with E-state index in [0.29, 0.717) is 12.8 Å². The number of rotatable bonds is 11. The first kappa shape index (κ1) is 17.4. The van der Waals surface area contributed by atoms with Gasteiger partial charge in [-0.25, -0.2) is 0 Å². The molecule has 2 unspecified atom stereocenters. The fourth-order valence-corrected chi connectivity index (χ4v) is 9.04. The zero-order chi connectivity index (χ0) is 14.0. The Balaban J connectivity index is 3.49. The van der Waals surface area contributed by atoms with Gasteiger partial charge in [-0.1, -0.05) is 37.3 Å². The van der Waals surface area contributed by atoms with Crippen molar-refractivity contribution in [1.82, 2.24) is 0 Å². The largest absolute Gasteiger partial charge is 0.370 e. The van der Waals surface area contributed by atoms with Gasteiger partial charge >= 0.3 is 0 Å². The molecule has 0 saturated heterocycles. The molecule has 0 spiro atoms. The number of carbonyl (C=O) groups is 2. The lowest BCUT2D eigenvalue weighted by Crippen LogP contribution is -2.16. The van der Waals surface area contributed by atoms with Gasteiger partial charge < -0.3 is 11.5 Å². The van der Waals surface area contributed by atoms with E-state index in [1.807, 2.05) is 0 Å². The number of primary amides is 2. The van der Waals surface area contributed by atoms with Crippen LogP contribution in [0.4, 0.5) is 0 Å². The minimum atomic E-state index is -0.635. The third-order valence-corrected chi connectivity index (χ3v) is 9.48. The Bertz CT molecular complexity index is 236. The Labute approximate surface area is 114 Å². The monoisotopic (exact) mass is 288 g/mol. The van der Waals surface area contributed by atoms with Crippen LogP contribution in [0.15, 0.2) is 0 Å². The van der Waals surface area contributed by atoms with Crippen LogP contribution in [0.3, 0.4) is 0 Å². The van der Waals surface area contributed by atoms with Gasteiger partial charge in [0, 0.05) is 30.4 Å². The minimum absolute atomic E-state index is 0.176. The zero-order valence-electron chi connectivity index (χ0n) is 11.8. The first-order chi connectivity index (χ1) is 8.41. The summed E-state index contributed by atoms with van der Waals surface area (Å²) < 4.78 is 0. The molecule has 0 aliphatic carbocycles. The van der Waals surface area contributed by atoms with Gasteiger partial charge in [-0.05, 0) is 12.8 Å². The van der Waals surface area contributed by atoms with Crippen LogP contribution < -0.4 is 11.5 Å². The summed E-state index contributed by atoms with van der Waals surface area (Å²) in [6, 6.07) is 5.21. The number of amides is 2. The summed E-state index contributed by atoms with van der Waals surface area (Å²) in [4.78, 5) is 21.3. The summed E-state index contributed by atoms with van der Waals surface area (Å²) in [5, 5.41) is 0. The van der Waals surface area contributed by atoms with Gasteiger partial charge in [0.2, 0.25) is 11.8 Å². The topological polar surface area (TPSA) is 86.2 Å². The molecule has 0 aromatic carbocycles. The van der Waals surface area contributed by atoms with Gasteiger partial charge in [0.05, 0.1) is 0 Å². The number of hydrogen-bond acceptors (Lipinski definition) is 2. The zero-order valence-corrected chi connectivity index (χ0v) is 14.1. The Morgan fingerprint density at radius 2 is 1.11 bits per heavy atom. The summed E-state index contributed by atoms with van der Waals surface area (Å²) >= 11 is 0. The molecule has 0 radical (unpaired) electrons. The molecule has 0 aromatic rings. The van der Waals surface area contributed by atoms with Crippen molar-refractivity contribution < 1.29 is 9.59 Å². The predicted molar refractivity (Wildman–Crippen MR) is 82.1 cm³/mol. The van der Waals surface area contributed by atoms with Gasteiger partial charge in [-0.15, -0.1) is 0 Å². The lowest BCUT2D eigenvalue weighted by molar-refractivity contribution is -0.118. The van der Waals surface area contributed by atoms with Crippen LogP contribution in [0.25, 0.3) is 0 Å². The number of carbonyl (C=O) groups excluding carboxylic acids is 2. The molecular weight excluding hydrogens is 260 g/mol. The van der Waals surface area contributed by atoms with E-state index >= 15 is 0 Å². The molecule has 18 heavy (non-hydrogen) atoms. The van der Waals surface area contributed by atoms with E-state index in [1.165, 1.54) is 24.2 Å². The summed E-state index contributed by atoms with van der Waals surface area (Å²) in [6.45, 7) is 4.76. The molecule has 0 aromatic heterocycles. The average molecular weight is 289 g/mol. The van der Waals surface area contributed by atoms with E-state index < -0.39 is 17.6 Å². The van der Waals surface area contributed by atoms with Crippen LogP contribution in [0.5, 0.6) is 0 Å². The van der Waals surface area contributed by atoms with Gasteiger partial charge in [0.1, 0.15) is 0 Å². The van der Waals surface area contributed by atoms with Crippen molar-refractivity contribution in [3.63, 3.8) is 0 Å². The molecular formula is C12H28N2O2Si2. The minimum Gasteiger partial charge on any atom is -0.370 e.